The van der Waals surface area contributed by atoms with Crippen LogP contribution in [0.4, 0.5) is 10.1 Å². The fourth-order valence-electron chi connectivity index (χ4n) is 2.19. The van der Waals surface area contributed by atoms with Crippen LogP contribution in [-0.2, 0) is 11.3 Å². The third kappa shape index (κ3) is 3.60. The summed E-state index contributed by atoms with van der Waals surface area (Å²) in [7, 11) is 1.75. The van der Waals surface area contributed by atoms with E-state index in [1.807, 2.05) is 17.5 Å². The predicted octanol–water partition coefficient (Wildman–Crippen LogP) is 4.35. The number of aromatic nitrogens is 1. The second kappa shape index (κ2) is 7.23. The van der Waals surface area contributed by atoms with Gasteiger partial charge in [0.2, 0.25) is 0 Å². The van der Waals surface area contributed by atoms with Gasteiger partial charge in [-0.05, 0) is 36.4 Å². The highest BCUT2D eigenvalue weighted by Gasteiger charge is 2.13. The highest BCUT2D eigenvalue weighted by Crippen LogP contribution is 2.24. The van der Waals surface area contributed by atoms with Crippen molar-refractivity contribution in [3.8, 4) is 10.6 Å². The third-order valence-electron chi connectivity index (χ3n) is 3.41. The number of thiazole rings is 1. The first-order valence-electron chi connectivity index (χ1n) is 7.31. The molecule has 0 fully saturated rings. The van der Waals surface area contributed by atoms with Gasteiger partial charge in [-0.1, -0.05) is 12.1 Å². The number of carbonyl (C=O) groups is 1. The zero-order valence-electron chi connectivity index (χ0n) is 13.0. The van der Waals surface area contributed by atoms with E-state index in [1.54, 1.807) is 31.3 Å². The molecule has 0 atom stereocenters. The molecule has 0 unspecified atom stereocenters. The van der Waals surface area contributed by atoms with E-state index < -0.39 is 5.97 Å². The predicted molar refractivity (Wildman–Crippen MR) is 92.6 cm³/mol. The Kier molecular flexibility index (Phi) is 4.86. The Morgan fingerprint density at radius 3 is 2.71 bits per heavy atom. The third-order valence-corrected chi connectivity index (χ3v) is 4.35. The van der Waals surface area contributed by atoms with Crippen LogP contribution in [0.1, 0.15) is 16.1 Å². The van der Waals surface area contributed by atoms with Crippen LogP contribution in [0.15, 0.2) is 53.9 Å². The van der Waals surface area contributed by atoms with Crippen molar-refractivity contribution in [3.63, 3.8) is 0 Å². The Bertz CT molecular complexity index is 846. The minimum atomic E-state index is -0.406. The summed E-state index contributed by atoms with van der Waals surface area (Å²) in [6, 6.07) is 13.3. The number of hydrogen-bond acceptors (Lipinski definition) is 5. The first-order valence-corrected chi connectivity index (χ1v) is 8.19. The minimum Gasteiger partial charge on any atom is -0.455 e. The van der Waals surface area contributed by atoms with Crippen LogP contribution in [0.3, 0.4) is 0 Å². The Morgan fingerprint density at radius 1 is 1.21 bits per heavy atom. The summed E-state index contributed by atoms with van der Waals surface area (Å²) < 4.78 is 18.3. The Labute approximate surface area is 142 Å². The lowest BCUT2D eigenvalue weighted by Crippen LogP contribution is -2.08. The number of halogens is 1. The topological polar surface area (TPSA) is 51.2 Å². The van der Waals surface area contributed by atoms with Crippen LogP contribution in [0.2, 0.25) is 0 Å². The van der Waals surface area contributed by atoms with Gasteiger partial charge in [0, 0.05) is 23.7 Å². The number of rotatable bonds is 5. The maximum Gasteiger partial charge on any atom is 0.340 e. The molecule has 122 valence electrons. The summed E-state index contributed by atoms with van der Waals surface area (Å²) in [6.45, 7) is 0.0918. The van der Waals surface area contributed by atoms with Crippen molar-refractivity contribution in [2.45, 2.75) is 6.61 Å². The van der Waals surface area contributed by atoms with Crippen molar-refractivity contribution in [1.82, 2.24) is 4.98 Å². The van der Waals surface area contributed by atoms with Gasteiger partial charge in [-0.15, -0.1) is 11.3 Å². The molecular weight excluding hydrogens is 327 g/mol. The van der Waals surface area contributed by atoms with Crippen molar-refractivity contribution in [1.29, 1.82) is 0 Å². The molecule has 2 aromatic carbocycles. The highest BCUT2D eigenvalue weighted by atomic mass is 32.1. The molecule has 3 rings (SSSR count). The molecule has 0 radical (unpaired) electrons. The van der Waals surface area contributed by atoms with E-state index in [0.717, 1.165) is 10.6 Å². The monoisotopic (exact) mass is 342 g/mol. The van der Waals surface area contributed by atoms with Crippen LogP contribution < -0.4 is 5.32 Å². The van der Waals surface area contributed by atoms with Gasteiger partial charge < -0.3 is 10.1 Å². The Hall–Kier alpha value is -2.73. The second-order valence-corrected chi connectivity index (χ2v) is 5.88. The first-order chi connectivity index (χ1) is 11.7. The first kappa shape index (κ1) is 16.1. The van der Waals surface area contributed by atoms with Gasteiger partial charge in [0.25, 0.3) is 0 Å². The van der Waals surface area contributed by atoms with E-state index in [9.17, 15) is 9.18 Å². The SMILES string of the molecule is CNc1ccccc1C(=O)OCc1csc(-c2ccc(F)cc2)n1. The summed E-state index contributed by atoms with van der Waals surface area (Å²) >= 11 is 1.43. The normalized spacial score (nSPS) is 10.4. The number of benzene rings is 2. The van der Waals surface area contributed by atoms with Gasteiger partial charge in [0.15, 0.2) is 0 Å². The van der Waals surface area contributed by atoms with Crippen LogP contribution >= 0.6 is 11.3 Å². The summed E-state index contributed by atoms with van der Waals surface area (Å²) in [5, 5.41) is 5.55. The Morgan fingerprint density at radius 2 is 1.96 bits per heavy atom. The number of hydrogen-bond donors (Lipinski definition) is 1. The molecule has 0 aliphatic rings. The fraction of sp³-hybridized carbons (Fsp3) is 0.111. The molecule has 1 aromatic heterocycles. The number of nitrogens with zero attached hydrogens (tertiary/aromatic N) is 1. The highest BCUT2D eigenvalue weighted by molar-refractivity contribution is 7.13. The molecule has 6 heteroatoms. The maximum absolute atomic E-state index is 13.0. The minimum absolute atomic E-state index is 0.0918. The van der Waals surface area contributed by atoms with Gasteiger partial charge in [-0.3, -0.25) is 0 Å². The number of nitrogens with one attached hydrogen (secondary N) is 1. The number of carbonyl (C=O) groups excluding carboxylic acids is 1. The smallest absolute Gasteiger partial charge is 0.340 e. The van der Waals surface area contributed by atoms with Crippen LogP contribution in [0.5, 0.6) is 0 Å². The quantitative estimate of drug-likeness (QED) is 0.701. The van der Waals surface area contributed by atoms with Crippen molar-refractivity contribution in [2.75, 3.05) is 12.4 Å². The largest absolute Gasteiger partial charge is 0.455 e. The molecule has 0 aliphatic carbocycles. The molecule has 0 bridgehead atoms. The lowest BCUT2D eigenvalue weighted by Gasteiger charge is -2.08. The van der Waals surface area contributed by atoms with Gasteiger partial charge in [0.1, 0.15) is 17.4 Å². The lowest BCUT2D eigenvalue weighted by atomic mass is 10.2. The van der Waals surface area contributed by atoms with E-state index in [-0.39, 0.29) is 12.4 Å². The molecule has 1 N–H and O–H groups in total. The van der Waals surface area contributed by atoms with E-state index in [0.29, 0.717) is 16.9 Å². The molecule has 0 saturated heterocycles. The molecule has 0 amide bonds. The van der Waals surface area contributed by atoms with Gasteiger partial charge >= 0.3 is 5.97 Å². The average Bonchev–Trinajstić information content (AvgIpc) is 3.09. The van der Waals surface area contributed by atoms with E-state index in [4.69, 9.17) is 4.74 Å². The molecule has 4 nitrogen and oxygen atoms in total. The van der Waals surface area contributed by atoms with Crippen molar-refractivity contribution >= 4 is 23.0 Å². The van der Waals surface area contributed by atoms with Gasteiger partial charge in [0.05, 0.1) is 11.3 Å². The molecule has 0 aliphatic heterocycles. The van der Waals surface area contributed by atoms with E-state index in [2.05, 4.69) is 10.3 Å². The van der Waals surface area contributed by atoms with Crippen LogP contribution in [0, 0.1) is 5.82 Å². The molecule has 1 heterocycles. The number of ether oxygens (including phenoxy) is 1. The summed E-state index contributed by atoms with van der Waals surface area (Å²) in [6.07, 6.45) is 0. The van der Waals surface area contributed by atoms with Crippen molar-refractivity contribution < 1.29 is 13.9 Å². The lowest BCUT2D eigenvalue weighted by molar-refractivity contribution is 0.0469. The zero-order chi connectivity index (χ0) is 16.9. The molecule has 24 heavy (non-hydrogen) atoms. The second-order valence-electron chi connectivity index (χ2n) is 5.02. The van der Waals surface area contributed by atoms with Crippen LogP contribution in [-0.4, -0.2) is 18.0 Å². The summed E-state index contributed by atoms with van der Waals surface area (Å²) in [5.74, 6) is -0.691. The summed E-state index contributed by atoms with van der Waals surface area (Å²) in [4.78, 5) is 16.6. The number of esters is 1. The van der Waals surface area contributed by atoms with E-state index >= 15 is 0 Å². The van der Waals surface area contributed by atoms with Crippen LogP contribution in [0.25, 0.3) is 10.6 Å². The van der Waals surface area contributed by atoms with Crippen molar-refractivity contribution in [2.24, 2.45) is 0 Å². The average molecular weight is 342 g/mol. The molecule has 0 spiro atoms. The molecule has 3 aromatic rings. The van der Waals surface area contributed by atoms with E-state index in [1.165, 1.54) is 23.5 Å². The fourth-order valence-corrected chi connectivity index (χ4v) is 3.01. The standard InChI is InChI=1S/C18H15FN2O2S/c1-20-16-5-3-2-4-15(16)18(22)23-10-14-11-24-17(21-14)12-6-8-13(19)9-7-12/h2-9,11,20H,10H2,1H3. The summed E-state index contributed by atoms with van der Waals surface area (Å²) in [5.41, 5.74) is 2.69. The van der Waals surface area contributed by atoms with Gasteiger partial charge in [-0.25, -0.2) is 14.2 Å². The molecule has 0 saturated carbocycles. The van der Waals surface area contributed by atoms with Crippen molar-refractivity contribution in [3.05, 3.63) is 71.0 Å². The number of para-hydroxylation sites is 1. The number of anilines is 1. The zero-order valence-corrected chi connectivity index (χ0v) is 13.8. The molecular formula is C18H15FN2O2S. The maximum atomic E-state index is 13.0. The Balaban J connectivity index is 1.67. The van der Waals surface area contributed by atoms with Gasteiger partial charge in [-0.2, -0.15) is 0 Å².